The summed E-state index contributed by atoms with van der Waals surface area (Å²) in [6.07, 6.45) is -3.38. The Morgan fingerprint density at radius 3 is 2.11 bits per heavy atom. The van der Waals surface area contributed by atoms with Crippen LogP contribution in [0.1, 0.15) is 0 Å². The minimum Gasteiger partial charge on any atom is -0.395 e. The van der Waals surface area contributed by atoms with Gasteiger partial charge < -0.3 is 10.0 Å². The normalized spacial score (nSPS) is 12.5. The van der Waals surface area contributed by atoms with Crippen molar-refractivity contribution < 1.29 is 26.7 Å². The summed E-state index contributed by atoms with van der Waals surface area (Å²) in [6, 6.07) is 5.06. The van der Waals surface area contributed by atoms with Crippen LogP contribution in [0.15, 0.2) is 29.2 Å². The molecule has 0 aliphatic carbocycles. The zero-order valence-electron chi connectivity index (χ0n) is 10.2. The number of sulfone groups is 1. The van der Waals surface area contributed by atoms with Crippen LogP contribution in [0.2, 0.25) is 0 Å². The van der Waals surface area contributed by atoms with Crippen molar-refractivity contribution in [3.8, 4) is 0 Å². The average Bonchev–Trinajstić information content (AvgIpc) is 2.26. The summed E-state index contributed by atoms with van der Waals surface area (Å²) in [4.78, 5) is 0.971. The monoisotopic (exact) mass is 297 g/mol. The standard InChI is InChI=1S/C11H14F3NO3S/c1-19(17,18)10-4-2-9(3-5-10)15(6-7-16)8-11(12,13)14/h2-5,16H,6-8H2,1H3. The highest BCUT2D eigenvalue weighted by atomic mass is 32.2. The van der Waals surface area contributed by atoms with Gasteiger partial charge in [0.2, 0.25) is 0 Å². The molecule has 1 aromatic carbocycles. The Kier molecular flexibility index (Phi) is 4.81. The molecule has 0 fully saturated rings. The van der Waals surface area contributed by atoms with Crippen molar-refractivity contribution in [1.82, 2.24) is 0 Å². The van der Waals surface area contributed by atoms with Crippen molar-refractivity contribution in [3.63, 3.8) is 0 Å². The SMILES string of the molecule is CS(=O)(=O)c1ccc(N(CCO)CC(F)(F)F)cc1. The van der Waals surface area contributed by atoms with Gasteiger partial charge in [-0.3, -0.25) is 0 Å². The molecule has 0 aliphatic rings. The maximum Gasteiger partial charge on any atom is 0.405 e. The lowest BCUT2D eigenvalue weighted by Crippen LogP contribution is -2.36. The molecule has 0 saturated carbocycles. The third-order valence-corrected chi connectivity index (χ3v) is 3.50. The zero-order chi connectivity index (χ0) is 14.7. The number of nitrogens with zero attached hydrogens (tertiary/aromatic N) is 1. The molecule has 0 radical (unpaired) electrons. The number of anilines is 1. The van der Waals surface area contributed by atoms with E-state index in [4.69, 9.17) is 5.11 Å². The number of hydrogen-bond donors (Lipinski definition) is 1. The molecule has 0 bridgehead atoms. The Morgan fingerprint density at radius 1 is 1.21 bits per heavy atom. The number of halogens is 3. The first-order valence-corrected chi connectivity index (χ1v) is 7.25. The van der Waals surface area contributed by atoms with Gasteiger partial charge in [0.25, 0.3) is 0 Å². The van der Waals surface area contributed by atoms with E-state index < -0.39 is 29.2 Å². The predicted octanol–water partition coefficient (Wildman–Crippen LogP) is 1.45. The van der Waals surface area contributed by atoms with E-state index in [9.17, 15) is 21.6 Å². The molecule has 108 valence electrons. The topological polar surface area (TPSA) is 57.6 Å². The van der Waals surface area contributed by atoms with E-state index in [0.29, 0.717) is 0 Å². The van der Waals surface area contributed by atoms with Gasteiger partial charge in [0.15, 0.2) is 9.84 Å². The molecule has 0 atom stereocenters. The maximum absolute atomic E-state index is 12.4. The summed E-state index contributed by atoms with van der Waals surface area (Å²) < 4.78 is 59.6. The minimum atomic E-state index is -4.40. The first kappa shape index (κ1) is 15.8. The minimum absolute atomic E-state index is 0.0345. The van der Waals surface area contributed by atoms with Gasteiger partial charge >= 0.3 is 6.18 Å². The average molecular weight is 297 g/mol. The Hall–Kier alpha value is -1.28. The summed E-state index contributed by atoms with van der Waals surface area (Å²) in [5.74, 6) is 0. The smallest absolute Gasteiger partial charge is 0.395 e. The lowest BCUT2D eigenvalue weighted by Gasteiger charge is -2.25. The van der Waals surface area contributed by atoms with Crippen molar-refractivity contribution in [2.45, 2.75) is 11.1 Å². The van der Waals surface area contributed by atoms with E-state index in [1.807, 2.05) is 0 Å². The molecule has 1 N–H and O–H groups in total. The number of aliphatic hydroxyl groups excluding tert-OH is 1. The second-order valence-corrected chi connectivity index (χ2v) is 6.04. The van der Waals surface area contributed by atoms with Gasteiger partial charge in [0.1, 0.15) is 6.54 Å². The molecule has 0 aromatic heterocycles. The van der Waals surface area contributed by atoms with Crippen molar-refractivity contribution in [3.05, 3.63) is 24.3 Å². The molecule has 0 aliphatic heterocycles. The van der Waals surface area contributed by atoms with Gasteiger partial charge in [-0.2, -0.15) is 13.2 Å². The van der Waals surface area contributed by atoms with Gasteiger partial charge in [-0.1, -0.05) is 0 Å². The molecule has 0 unspecified atom stereocenters. The van der Waals surface area contributed by atoms with Crippen molar-refractivity contribution in [2.24, 2.45) is 0 Å². The van der Waals surface area contributed by atoms with E-state index >= 15 is 0 Å². The second-order valence-electron chi connectivity index (χ2n) is 4.03. The molecule has 19 heavy (non-hydrogen) atoms. The highest BCUT2D eigenvalue weighted by Crippen LogP contribution is 2.23. The van der Waals surface area contributed by atoms with Crippen molar-refractivity contribution >= 4 is 15.5 Å². The van der Waals surface area contributed by atoms with Crippen LogP contribution in [0, 0.1) is 0 Å². The third-order valence-electron chi connectivity index (χ3n) is 2.37. The largest absolute Gasteiger partial charge is 0.405 e. The van der Waals surface area contributed by atoms with Crippen LogP contribution in [0.3, 0.4) is 0 Å². The van der Waals surface area contributed by atoms with E-state index in [1.54, 1.807) is 0 Å². The highest BCUT2D eigenvalue weighted by molar-refractivity contribution is 7.90. The highest BCUT2D eigenvalue weighted by Gasteiger charge is 2.30. The first-order chi connectivity index (χ1) is 8.63. The fraction of sp³-hybridized carbons (Fsp3) is 0.455. The van der Waals surface area contributed by atoms with Gasteiger partial charge in [-0.25, -0.2) is 8.42 Å². The summed E-state index contributed by atoms with van der Waals surface area (Å²) in [6.45, 7) is -1.81. The van der Waals surface area contributed by atoms with Crippen LogP contribution in [-0.2, 0) is 9.84 Å². The van der Waals surface area contributed by atoms with Crippen molar-refractivity contribution in [1.29, 1.82) is 0 Å². The summed E-state index contributed by atoms with van der Waals surface area (Å²) >= 11 is 0. The van der Waals surface area contributed by atoms with Crippen LogP contribution < -0.4 is 4.90 Å². The van der Waals surface area contributed by atoms with Gasteiger partial charge in [0.05, 0.1) is 11.5 Å². The predicted molar refractivity (Wildman–Crippen MR) is 64.9 cm³/mol. The number of hydrogen-bond acceptors (Lipinski definition) is 4. The van der Waals surface area contributed by atoms with Crippen LogP contribution in [0.25, 0.3) is 0 Å². The van der Waals surface area contributed by atoms with Crippen LogP contribution in [0.4, 0.5) is 18.9 Å². The Bertz CT molecular complexity index is 511. The lowest BCUT2D eigenvalue weighted by atomic mass is 10.3. The van der Waals surface area contributed by atoms with Crippen LogP contribution in [-0.4, -0.2) is 45.7 Å². The quantitative estimate of drug-likeness (QED) is 0.894. The molecule has 8 heteroatoms. The molecule has 0 heterocycles. The molecular weight excluding hydrogens is 283 g/mol. The lowest BCUT2D eigenvalue weighted by molar-refractivity contribution is -0.119. The Morgan fingerprint density at radius 2 is 1.74 bits per heavy atom. The molecule has 1 rings (SSSR count). The van der Waals surface area contributed by atoms with E-state index in [1.165, 1.54) is 24.3 Å². The summed E-state index contributed by atoms with van der Waals surface area (Å²) in [5.41, 5.74) is 0.207. The van der Waals surface area contributed by atoms with Crippen LogP contribution >= 0.6 is 0 Å². The molecule has 1 aromatic rings. The molecule has 0 spiro atoms. The summed E-state index contributed by atoms with van der Waals surface area (Å²) in [7, 11) is -3.38. The van der Waals surface area contributed by atoms with Gasteiger partial charge in [0, 0.05) is 18.5 Å². The number of rotatable bonds is 5. The van der Waals surface area contributed by atoms with Crippen LogP contribution in [0.5, 0.6) is 0 Å². The summed E-state index contributed by atoms with van der Waals surface area (Å²) in [5, 5.41) is 8.77. The molecule has 4 nitrogen and oxygen atoms in total. The fourth-order valence-corrected chi connectivity index (χ4v) is 2.17. The molecular formula is C11H14F3NO3S. The van der Waals surface area contributed by atoms with Gasteiger partial charge in [-0.05, 0) is 24.3 Å². The van der Waals surface area contributed by atoms with E-state index in [0.717, 1.165) is 11.2 Å². The fourth-order valence-electron chi connectivity index (χ4n) is 1.54. The van der Waals surface area contributed by atoms with E-state index in [2.05, 4.69) is 0 Å². The third kappa shape index (κ3) is 5.07. The Balaban J connectivity index is 2.98. The maximum atomic E-state index is 12.4. The first-order valence-electron chi connectivity index (χ1n) is 5.36. The zero-order valence-corrected chi connectivity index (χ0v) is 11.0. The second kappa shape index (κ2) is 5.79. The van der Waals surface area contributed by atoms with Crippen molar-refractivity contribution in [2.75, 3.05) is 30.9 Å². The number of aliphatic hydroxyl groups is 1. The number of benzene rings is 1. The Labute approximate surface area is 109 Å². The molecule has 0 amide bonds. The van der Waals surface area contributed by atoms with Gasteiger partial charge in [-0.15, -0.1) is 0 Å². The van der Waals surface area contributed by atoms with E-state index in [-0.39, 0.29) is 17.1 Å². The molecule has 0 saturated heterocycles. The number of alkyl halides is 3.